The first-order chi connectivity index (χ1) is 16.5. The highest BCUT2D eigenvalue weighted by atomic mass is 79.9. The molecule has 0 saturated carbocycles. The van der Waals surface area contributed by atoms with Gasteiger partial charge in [0, 0.05) is 21.0 Å². The molecule has 0 unspecified atom stereocenters. The Morgan fingerprint density at radius 1 is 0.618 bits per heavy atom. The smallest absolute Gasteiger partial charge is 0.149 e. The van der Waals surface area contributed by atoms with Crippen molar-refractivity contribution in [2.75, 3.05) is 0 Å². The average molecular weight is 521 g/mol. The topological polar surface area (TPSA) is 9.23 Å². The van der Waals surface area contributed by atoms with Crippen molar-refractivity contribution in [3.05, 3.63) is 107 Å². The van der Waals surface area contributed by atoms with Crippen molar-refractivity contribution in [1.29, 1.82) is 0 Å². The van der Waals surface area contributed by atoms with E-state index in [9.17, 15) is 0 Å². The Morgan fingerprint density at radius 3 is 2.24 bits per heavy atom. The number of hydrogen-bond donors (Lipinski definition) is 0. The van der Waals surface area contributed by atoms with Crippen molar-refractivity contribution in [2.24, 2.45) is 0 Å². The van der Waals surface area contributed by atoms with Crippen LogP contribution in [0, 0.1) is 0 Å². The van der Waals surface area contributed by atoms with Crippen LogP contribution in [-0.4, -0.2) is 0 Å². The highest BCUT2D eigenvalue weighted by Gasteiger charge is 2.39. The molecule has 2 aliphatic rings. The Morgan fingerprint density at radius 2 is 1.35 bits per heavy atom. The molecule has 1 heterocycles. The van der Waals surface area contributed by atoms with Crippen LogP contribution in [0.2, 0.25) is 0 Å². The quantitative estimate of drug-likeness (QED) is 0.213. The van der Waals surface area contributed by atoms with E-state index in [1.54, 1.807) is 11.8 Å². The van der Waals surface area contributed by atoms with Crippen LogP contribution < -0.4 is 4.74 Å². The first-order valence-electron chi connectivity index (χ1n) is 11.5. The largest absolute Gasteiger partial charge is 0.454 e. The van der Waals surface area contributed by atoms with Crippen LogP contribution in [0.4, 0.5) is 0 Å². The molecule has 0 spiro atoms. The zero-order valence-electron chi connectivity index (χ0n) is 18.9. The van der Waals surface area contributed by atoms with Gasteiger partial charge < -0.3 is 4.74 Å². The zero-order chi connectivity index (χ0) is 23.0. The predicted octanol–water partition coefficient (Wildman–Crippen LogP) is 9.83. The Labute approximate surface area is 211 Å². The third-order valence-corrected chi connectivity index (χ3v) is 9.00. The normalized spacial score (nSPS) is 14.7. The molecule has 0 fully saturated rings. The van der Waals surface area contributed by atoms with Gasteiger partial charge in [-0.3, -0.25) is 0 Å². The summed E-state index contributed by atoms with van der Waals surface area (Å²) >= 11 is 5.53. The van der Waals surface area contributed by atoms with Gasteiger partial charge in [0.1, 0.15) is 11.5 Å². The second-order valence-corrected chi connectivity index (χ2v) is 11.4. The molecule has 7 rings (SSSR count). The van der Waals surface area contributed by atoms with E-state index in [4.69, 9.17) is 4.74 Å². The summed E-state index contributed by atoms with van der Waals surface area (Å²) in [5, 5.41) is 2.42. The van der Waals surface area contributed by atoms with E-state index in [0.29, 0.717) is 0 Å². The third kappa shape index (κ3) is 2.74. The first-order valence-corrected chi connectivity index (χ1v) is 13.1. The minimum atomic E-state index is -0.0450. The molecular weight excluding hydrogens is 500 g/mol. The molecule has 5 aromatic rings. The molecule has 3 heteroatoms. The summed E-state index contributed by atoms with van der Waals surface area (Å²) in [5.41, 5.74) is 7.50. The predicted molar refractivity (Wildman–Crippen MR) is 145 cm³/mol. The Balaban J connectivity index is 1.46. The lowest BCUT2D eigenvalue weighted by molar-refractivity contribution is 0.457. The fourth-order valence-corrected chi connectivity index (χ4v) is 7.03. The van der Waals surface area contributed by atoms with Gasteiger partial charge in [-0.1, -0.05) is 114 Å². The number of halogens is 1. The van der Waals surface area contributed by atoms with Crippen LogP contribution in [-0.2, 0) is 5.41 Å². The van der Waals surface area contributed by atoms with Crippen LogP contribution in [0.5, 0.6) is 11.5 Å². The summed E-state index contributed by atoms with van der Waals surface area (Å²) in [6.07, 6.45) is 0. The van der Waals surface area contributed by atoms with Gasteiger partial charge in [-0.2, -0.15) is 0 Å². The molecule has 0 aromatic heterocycles. The van der Waals surface area contributed by atoms with Crippen molar-refractivity contribution in [2.45, 2.75) is 29.1 Å². The van der Waals surface area contributed by atoms with E-state index >= 15 is 0 Å². The van der Waals surface area contributed by atoms with Gasteiger partial charge in [0.25, 0.3) is 0 Å². The van der Waals surface area contributed by atoms with Gasteiger partial charge in [0.2, 0.25) is 0 Å². The van der Waals surface area contributed by atoms with E-state index in [0.717, 1.165) is 26.4 Å². The van der Waals surface area contributed by atoms with Gasteiger partial charge in [0.05, 0.1) is 9.79 Å². The summed E-state index contributed by atoms with van der Waals surface area (Å²) in [7, 11) is 0. The Kier molecular flexibility index (Phi) is 4.34. The minimum Gasteiger partial charge on any atom is -0.454 e. The van der Waals surface area contributed by atoms with E-state index in [1.807, 2.05) is 0 Å². The summed E-state index contributed by atoms with van der Waals surface area (Å²) in [5.74, 6) is 1.94. The van der Waals surface area contributed by atoms with E-state index in [1.165, 1.54) is 43.5 Å². The highest BCUT2D eigenvalue weighted by molar-refractivity contribution is 9.10. The summed E-state index contributed by atoms with van der Waals surface area (Å²) in [4.78, 5) is 2.33. The number of fused-ring (bicyclic) bond motifs is 7. The van der Waals surface area contributed by atoms with Crippen LogP contribution >= 0.6 is 27.7 Å². The Hall–Kier alpha value is -3.01. The lowest BCUT2D eigenvalue weighted by Gasteiger charge is -2.26. The molecule has 1 aliphatic heterocycles. The van der Waals surface area contributed by atoms with Crippen LogP contribution in [0.1, 0.15) is 25.0 Å². The van der Waals surface area contributed by atoms with Crippen molar-refractivity contribution < 1.29 is 4.74 Å². The summed E-state index contributed by atoms with van der Waals surface area (Å²) < 4.78 is 8.01. The summed E-state index contributed by atoms with van der Waals surface area (Å²) in [6, 6.07) is 32.6. The van der Waals surface area contributed by atoms with E-state index < -0.39 is 0 Å². The number of hydrogen-bond acceptors (Lipinski definition) is 2. The summed E-state index contributed by atoms with van der Waals surface area (Å²) in [6.45, 7) is 4.63. The lowest BCUT2D eigenvalue weighted by Crippen LogP contribution is -2.15. The van der Waals surface area contributed by atoms with Gasteiger partial charge in [0.15, 0.2) is 0 Å². The van der Waals surface area contributed by atoms with Gasteiger partial charge in [-0.05, 0) is 51.2 Å². The fourth-order valence-electron chi connectivity index (χ4n) is 5.56. The zero-order valence-corrected chi connectivity index (χ0v) is 21.3. The van der Waals surface area contributed by atoms with Gasteiger partial charge in [-0.25, -0.2) is 0 Å². The molecule has 34 heavy (non-hydrogen) atoms. The number of rotatable bonds is 1. The number of ether oxygens (including phenoxy) is 1. The molecule has 0 bridgehead atoms. The molecule has 1 nitrogen and oxygen atoms in total. The van der Waals surface area contributed by atoms with E-state index in [2.05, 4.69) is 121 Å². The molecule has 0 N–H and O–H groups in total. The standard InChI is InChI=1S/C31H21BrOS/c1-31(2)23-12-6-5-10-22(23)28-24(31)15-17-27-30(28)33-29-21(11-7-13-26(29)34-27)19-14-16-25(32)20-9-4-3-8-18(19)20/h3-17H,1-2H3. The molecule has 0 radical (unpaired) electrons. The first kappa shape index (κ1) is 20.4. The van der Waals surface area contributed by atoms with Crippen molar-refractivity contribution in [3.63, 3.8) is 0 Å². The lowest BCUT2D eigenvalue weighted by atomic mass is 9.82. The molecule has 0 saturated heterocycles. The van der Waals surface area contributed by atoms with Crippen molar-refractivity contribution in [1.82, 2.24) is 0 Å². The molecule has 0 atom stereocenters. The second-order valence-electron chi connectivity index (χ2n) is 9.46. The molecule has 164 valence electrons. The fraction of sp³-hybridized carbons (Fsp3) is 0.0968. The maximum atomic E-state index is 6.90. The number of benzene rings is 5. The van der Waals surface area contributed by atoms with E-state index in [-0.39, 0.29) is 5.41 Å². The monoisotopic (exact) mass is 520 g/mol. The highest BCUT2D eigenvalue weighted by Crippen LogP contribution is 2.59. The molecule has 5 aromatic carbocycles. The third-order valence-electron chi connectivity index (χ3n) is 7.23. The van der Waals surface area contributed by atoms with Crippen LogP contribution in [0.15, 0.2) is 105 Å². The molecule has 1 aliphatic carbocycles. The minimum absolute atomic E-state index is 0.0450. The molecule has 0 amide bonds. The average Bonchev–Trinajstić information content (AvgIpc) is 3.10. The maximum Gasteiger partial charge on any atom is 0.149 e. The van der Waals surface area contributed by atoms with Crippen LogP contribution in [0.25, 0.3) is 33.0 Å². The molecular formula is C31H21BrOS. The van der Waals surface area contributed by atoms with Crippen molar-refractivity contribution in [3.8, 4) is 33.8 Å². The second kappa shape index (κ2) is 7.24. The van der Waals surface area contributed by atoms with Crippen LogP contribution in [0.3, 0.4) is 0 Å². The van der Waals surface area contributed by atoms with Gasteiger partial charge in [-0.15, -0.1) is 0 Å². The van der Waals surface area contributed by atoms with Gasteiger partial charge >= 0.3 is 0 Å². The maximum absolute atomic E-state index is 6.90. The number of para-hydroxylation sites is 1. The SMILES string of the molecule is CC1(C)c2ccccc2-c2c1ccc1c2Oc2c(cccc2-c2ccc(Br)c3ccccc23)S1. The van der Waals surface area contributed by atoms with Crippen molar-refractivity contribution >= 4 is 38.5 Å². The Bertz CT molecular complexity index is 1650.